The van der Waals surface area contributed by atoms with Gasteiger partial charge < -0.3 is 4.74 Å². The van der Waals surface area contributed by atoms with Crippen molar-refractivity contribution in [1.82, 2.24) is 0 Å². The lowest BCUT2D eigenvalue weighted by Crippen LogP contribution is -2.24. The number of hydrogen-bond acceptors (Lipinski definition) is 4. The van der Waals surface area contributed by atoms with E-state index in [0.29, 0.717) is 0 Å². The molecule has 1 saturated carbocycles. The van der Waals surface area contributed by atoms with Crippen LogP contribution >= 0.6 is 0 Å². The van der Waals surface area contributed by atoms with E-state index in [1.807, 2.05) is 6.92 Å². The highest BCUT2D eigenvalue weighted by molar-refractivity contribution is 6.37. The first kappa shape index (κ1) is 10.9. The summed E-state index contributed by atoms with van der Waals surface area (Å²) in [6.45, 7) is 3.60. The zero-order valence-corrected chi connectivity index (χ0v) is 8.46. The molecular formula is C10H14O4. The van der Waals surface area contributed by atoms with Crippen LogP contribution in [-0.4, -0.2) is 24.1 Å². The number of rotatable bonds is 5. The summed E-state index contributed by atoms with van der Waals surface area (Å²) in [5.74, 6) is -1.77. The Morgan fingerprint density at radius 2 is 1.86 bits per heavy atom. The third-order valence-corrected chi connectivity index (χ3v) is 2.50. The number of ketones is 2. The summed E-state index contributed by atoms with van der Waals surface area (Å²) >= 11 is 0. The van der Waals surface area contributed by atoms with E-state index in [1.54, 1.807) is 6.92 Å². The van der Waals surface area contributed by atoms with Crippen molar-refractivity contribution in [3.05, 3.63) is 0 Å². The molecule has 0 radical (unpaired) electrons. The second-order valence-electron chi connectivity index (χ2n) is 3.80. The topological polar surface area (TPSA) is 60.4 Å². The van der Waals surface area contributed by atoms with Gasteiger partial charge in [0.05, 0.1) is 13.0 Å². The maximum atomic E-state index is 11.4. The number of carbonyl (C=O) groups is 3. The molecule has 0 heterocycles. The molecule has 0 aromatic heterocycles. The fraction of sp³-hybridized carbons (Fsp3) is 0.700. The summed E-state index contributed by atoms with van der Waals surface area (Å²) in [5.41, 5.74) is -0.345. The molecule has 4 heteroatoms. The SMILES string of the molecule is CCOC(=O)C(=O)CC(=O)C1(C)CC1. The predicted octanol–water partition coefficient (Wildman–Crippen LogP) is 0.878. The van der Waals surface area contributed by atoms with Crippen LogP contribution in [0.3, 0.4) is 0 Å². The first-order valence-electron chi connectivity index (χ1n) is 4.73. The number of esters is 1. The lowest BCUT2D eigenvalue weighted by molar-refractivity contribution is -0.154. The number of ether oxygens (including phenoxy) is 1. The van der Waals surface area contributed by atoms with E-state index >= 15 is 0 Å². The van der Waals surface area contributed by atoms with Gasteiger partial charge in [-0.3, -0.25) is 9.59 Å². The summed E-state index contributed by atoms with van der Waals surface area (Å²) in [6.07, 6.45) is 1.33. The molecule has 0 spiro atoms. The van der Waals surface area contributed by atoms with E-state index in [9.17, 15) is 14.4 Å². The first-order chi connectivity index (χ1) is 6.49. The zero-order chi connectivity index (χ0) is 10.8. The van der Waals surface area contributed by atoms with Crippen molar-refractivity contribution < 1.29 is 19.1 Å². The van der Waals surface area contributed by atoms with Gasteiger partial charge in [0.15, 0.2) is 0 Å². The molecule has 78 valence electrons. The fourth-order valence-corrected chi connectivity index (χ4v) is 1.11. The minimum atomic E-state index is -0.898. The smallest absolute Gasteiger partial charge is 0.375 e. The van der Waals surface area contributed by atoms with Gasteiger partial charge in [-0.25, -0.2) is 4.79 Å². The van der Waals surface area contributed by atoms with Gasteiger partial charge in [-0.1, -0.05) is 6.92 Å². The standard InChI is InChI=1S/C10H14O4/c1-3-14-9(13)7(11)6-8(12)10(2)4-5-10/h3-6H2,1-2H3. The number of carbonyl (C=O) groups excluding carboxylic acids is 3. The Balaban J connectivity index is 2.40. The molecule has 4 nitrogen and oxygen atoms in total. The van der Waals surface area contributed by atoms with Gasteiger partial charge in [-0.15, -0.1) is 0 Å². The molecule has 0 amide bonds. The second-order valence-corrected chi connectivity index (χ2v) is 3.80. The highest BCUT2D eigenvalue weighted by Gasteiger charge is 2.45. The average molecular weight is 198 g/mol. The van der Waals surface area contributed by atoms with Gasteiger partial charge in [-0.05, 0) is 19.8 Å². The molecule has 1 rings (SSSR count). The minimum absolute atomic E-state index is 0.143. The molecule has 14 heavy (non-hydrogen) atoms. The number of Topliss-reactive ketones (excluding diaryl/α,β-unsaturated/α-hetero) is 2. The van der Waals surface area contributed by atoms with E-state index in [-0.39, 0.29) is 24.2 Å². The maximum Gasteiger partial charge on any atom is 0.375 e. The van der Waals surface area contributed by atoms with Crippen molar-refractivity contribution in [3.8, 4) is 0 Å². The fourth-order valence-electron chi connectivity index (χ4n) is 1.11. The summed E-state index contributed by atoms with van der Waals surface area (Å²) in [6, 6.07) is 0. The summed E-state index contributed by atoms with van der Waals surface area (Å²) < 4.78 is 4.50. The molecule has 0 saturated heterocycles. The summed E-state index contributed by atoms with van der Waals surface area (Å²) in [4.78, 5) is 33.4. The first-order valence-corrected chi connectivity index (χ1v) is 4.73. The van der Waals surface area contributed by atoms with E-state index in [2.05, 4.69) is 4.74 Å². The third-order valence-electron chi connectivity index (χ3n) is 2.50. The Morgan fingerprint density at radius 1 is 1.29 bits per heavy atom. The normalized spacial score (nSPS) is 17.3. The van der Waals surface area contributed by atoms with Crippen molar-refractivity contribution in [2.75, 3.05) is 6.61 Å². The van der Waals surface area contributed by atoms with Crippen molar-refractivity contribution in [2.45, 2.75) is 33.1 Å². The van der Waals surface area contributed by atoms with Crippen molar-refractivity contribution >= 4 is 17.5 Å². The van der Waals surface area contributed by atoms with Crippen LogP contribution in [0.4, 0.5) is 0 Å². The maximum absolute atomic E-state index is 11.4. The van der Waals surface area contributed by atoms with E-state index in [0.717, 1.165) is 12.8 Å². The summed E-state index contributed by atoms with van der Waals surface area (Å²) in [5, 5.41) is 0. The predicted molar refractivity (Wildman–Crippen MR) is 48.6 cm³/mol. The Labute approximate surface area is 82.6 Å². The average Bonchev–Trinajstić information content (AvgIpc) is 2.85. The number of hydrogen-bond donors (Lipinski definition) is 0. The summed E-state index contributed by atoms with van der Waals surface area (Å²) in [7, 11) is 0. The van der Waals surface area contributed by atoms with Crippen molar-refractivity contribution in [1.29, 1.82) is 0 Å². The molecule has 0 N–H and O–H groups in total. The molecular weight excluding hydrogens is 184 g/mol. The van der Waals surface area contributed by atoms with Gasteiger partial charge in [-0.2, -0.15) is 0 Å². The van der Waals surface area contributed by atoms with Crippen LogP contribution in [0.25, 0.3) is 0 Å². The van der Waals surface area contributed by atoms with Crippen LogP contribution in [0.5, 0.6) is 0 Å². The second kappa shape index (κ2) is 3.90. The van der Waals surface area contributed by atoms with E-state index in [4.69, 9.17) is 0 Å². The molecule has 1 aliphatic rings. The quantitative estimate of drug-likeness (QED) is 0.374. The molecule has 1 fully saturated rings. The van der Waals surface area contributed by atoms with Crippen LogP contribution in [0, 0.1) is 5.41 Å². The lowest BCUT2D eigenvalue weighted by atomic mass is 9.99. The molecule has 0 bridgehead atoms. The van der Waals surface area contributed by atoms with Crippen LogP contribution in [0.15, 0.2) is 0 Å². The molecule has 0 aromatic carbocycles. The molecule has 0 aromatic rings. The molecule has 1 aliphatic carbocycles. The molecule has 0 aliphatic heterocycles. The van der Waals surface area contributed by atoms with Crippen molar-refractivity contribution in [2.24, 2.45) is 5.41 Å². The van der Waals surface area contributed by atoms with Gasteiger partial charge in [0.2, 0.25) is 5.78 Å². The van der Waals surface area contributed by atoms with Crippen LogP contribution in [0.2, 0.25) is 0 Å². The zero-order valence-electron chi connectivity index (χ0n) is 8.46. The molecule has 0 atom stereocenters. The lowest BCUT2D eigenvalue weighted by Gasteiger charge is -2.05. The monoisotopic (exact) mass is 198 g/mol. The van der Waals surface area contributed by atoms with Gasteiger partial charge in [0, 0.05) is 5.41 Å². The van der Waals surface area contributed by atoms with Crippen molar-refractivity contribution in [3.63, 3.8) is 0 Å². The van der Waals surface area contributed by atoms with Gasteiger partial charge in [0.1, 0.15) is 5.78 Å². The highest BCUT2D eigenvalue weighted by atomic mass is 16.5. The van der Waals surface area contributed by atoms with Crippen LogP contribution in [-0.2, 0) is 19.1 Å². The largest absolute Gasteiger partial charge is 0.460 e. The van der Waals surface area contributed by atoms with Gasteiger partial charge >= 0.3 is 5.97 Å². The van der Waals surface area contributed by atoms with E-state index < -0.39 is 11.8 Å². The Morgan fingerprint density at radius 3 is 2.29 bits per heavy atom. The Hall–Kier alpha value is -1.19. The Kier molecular flexibility index (Phi) is 3.03. The van der Waals surface area contributed by atoms with Crippen LogP contribution in [0.1, 0.15) is 33.1 Å². The van der Waals surface area contributed by atoms with E-state index in [1.165, 1.54) is 0 Å². The van der Waals surface area contributed by atoms with Gasteiger partial charge in [0.25, 0.3) is 0 Å². The Bertz CT molecular complexity index is 276. The third kappa shape index (κ3) is 2.40. The highest BCUT2D eigenvalue weighted by Crippen LogP contribution is 2.46. The van der Waals surface area contributed by atoms with Crippen LogP contribution < -0.4 is 0 Å². The minimum Gasteiger partial charge on any atom is -0.460 e. The molecule has 0 unspecified atom stereocenters.